The molecule has 6 nitrogen and oxygen atoms in total. The third-order valence-corrected chi connectivity index (χ3v) is 6.27. The number of ether oxygens (including phenoxy) is 1. The number of hydrogen-bond acceptors (Lipinski definition) is 5. The van der Waals surface area contributed by atoms with Gasteiger partial charge >= 0.3 is 0 Å². The number of methoxy groups -OCH3 is 1. The van der Waals surface area contributed by atoms with Crippen LogP contribution in [0.2, 0.25) is 0 Å². The van der Waals surface area contributed by atoms with Gasteiger partial charge in [0.1, 0.15) is 11.6 Å². The summed E-state index contributed by atoms with van der Waals surface area (Å²) in [4.78, 5) is 25.6. The van der Waals surface area contributed by atoms with Gasteiger partial charge in [-0.2, -0.15) is 0 Å². The smallest absolute Gasteiger partial charge is 0.256 e. The Morgan fingerprint density at radius 2 is 1.94 bits per heavy atom. The summed E-state index contributed by atoms with van der Waals surface area (Å²) in [5, 5.41) is 0. The number of amides is 1. The first-order valence-electron chi connectivity index (χ1n) is 11.5. The van der Waals surface area contributed by atoms with Gasteiger partial charge in [0.05, 0.1) is 18.4 Å². The van der Waals surface area contributed by atoms with Crippen LogP contribution in [0.1, 0.15) is 46.2 Å². The number of nitrogens with zero attached hydrogens (tertiary/aromatic N) is 4. The zero-order valence-corrected chi connectivity index (χ0v) is 19.9. The first-order chi connectivity index (χ1) is 15.9. The van der Waals surface area contributed by atoms with Crippen LogP contribution in [0.3, 0.4) is 0 Å². The first-order valence-corrected chi connectivity index (χ1v) is 11.5. The first kappa shape index (κ1) is 22.9. The van der Waals surface area contributed by atoms with E-state index in [9.17, 15) is 4.79 Å². The molecule has 0 radical (unpaired) electrons. The molecule has 6 heteroatoms. The van der Waals surface area contributed by atoms with Crippen LogP contribution in [0.5, 0.6) is 5.75 Å². The number of aryl methyl sites for hydroxylation is 1. The maximum atomic E-state index is 12.3. The van der Waals surface area contributed by atoms with Crippen molar-refractivity contribution in [2.24, 2.45) is 0 Å². The Morgan fingerprint density at radius 3 is 2.64 bits per heavy atom. The number of benzene rings is 2. The molecule has 1 atom stereocenters. The fraction of sp³-hybridized carbons (Fsp3) is 0.370. The molecule has 0 aliphatic carbocycles. The average molecular weight is 445 g/mol. The molecule has 0 spiro atoms. The summed E-state index contributed by atoms with van der Waals surface area (Å²) in [6, 6.07) is 16.9. The highest BCUT2D eigenvalue weighted by Gasteiger charge is 2.25. The minimum absolute atomic E-state index is 0.0540. The minimum Gasteiger partial charge on any atom is -0.497 e. The van der Waals surface area contributed by atoms with Gasteiger partial charge in [-0.25, -0.2) is 9.97 Å². The van der Waals surface area contributed by atoms with E-state index in [0.29, 0.717) is 5.56 Å². The second-order valence-corrected chi connectivity index (χ2v) is 8.93. The summed E-state index contributed by atoms with van der Waals surface area (Å²) < 4.78 is 5.35. The fourth-order valence-electron chi connectivity index (χ4n) is 4.41. The number of aromatic nitrogens is 2. The van der Waals surface area contributed by atoms with Crippen LogP contribution in [0.4, 0.5) is 0 Å². The third-order valence-electron chi connectivity index (χ3n) is 6.27. The lowest BCUT2D eigenvalue weighted by Crippen LogP contribution is -2.34. The Balaban J connectivity index is 1.42. The van der Waals surface area contributed by atoms with E-state index in [-0.39, 0.29) is 11.8 Å². The van der Waals surface area contributed by atoms with Gasteiger partial charge in [-0.15, -0.1) is 0 Å². The summed E-state index contributed by atoms with van der Waals surface area (Å²) in [6.07, 6.45) is 3.88. The van der Waals surface area contributed by atoms with Crippen molar-refractivity contribution in [1.82, 2.24) is 19.8 Å². The molecule has 172 valence electrons. The monoisotopic (exact) mass is 444 g/mol. The molecule has 1 saturated heterocycles. The largest absolute Gasteiger partial charge is 0.497 e. The number of rotatable bonds is 6. The Kier molecular flexibility index (Phi) is 7.04. The minimum atomic E-state index is -0.0540. The molecule has 2 heterocycles. The fourth-order valence-corrected chi connectivity index (χ4v) is 4.41. The maximum absolute atomic E-state index is 12.3. The van der Waals surface area contributed by atoms with Gasteiger partial charge in [0.15, 0.2) is 0 Å². The van der Waals surface area contributed by atoms with Crippen molar-refractivity contribution < 1.29 is 9.53 Å². The van der Waals surface area contributed by atoms with Crippen LogP contribution in [0.15, 0.2) is 54.7 Å². The normalized spacial score (nSPS) is 16.4. The molecule has 1 aliphatic heterocycles. The molecule has 4 rings (SSSR count). The van der Waals surface area contributed by atoms with E-state index in [1.807, 2.05) is 19.1 Å². The molecule has 0 N–H and O–H groups in total. The Bertz CT molecular complexity index is 1110. The number of hydrogen-bond donors (Lipinski definition) is 0. The van der Waals surface area contributed by atoms with Crippen LogP contribution < -0.4 is 4.74 Å². The van der Waals surface area contributed by atoms with Gasteiger partial charge in [-0.3, -0.25) is 9.69 Å². The number of carbonyl (C=O) groups excluding carboxylic acids is 1. The average Bonchev–Trinajstić information content (AvgIpc) is 2.84. The molecule has 0 bridgehead atoms. The molecule has 0 saturated carbocycles. The van der Waals surface area contributed by atoms with E-state index in [0.717, 1.165) is 55.3 Å². The Hall–Kier alpha value is -3.25. The van der Waals surface area contributed by atoms with E-state index in [2.05, 4.69) is 46.3 Å². The zero-order chi connectivity index (χ0) is 23.4. The number of carbonyl (C=O) groups is 1. The van der Waals surface area contributed by atoms with Crippen LogP contribution in [0.25, 0.3) is 11.1 Å². The maximum Gasteiger partial charge on any atom is 0.256 e. The molecule has 1 unspecified atom stereocenters. The van der Waals surface area contributed by atoms with Crippen molar-refractivity contribution in [1.29, 1.82) is 0 Å². The molecular formula is C27H32N4O2. The van der Waals surface area contributed by atoms with Gasteiger partial charge < -0.3 is 9.64 Å². The van der Waals surface area contributed by atoms with E-state index < -0.39 is 0 Å². The molecule has 1 aromatic heterocycles. The third kappa shape index (κ3) is 5.40. The molecular weight excluding hydrogens is 412 g/mol. The van der Waals surface area contributed by atoms with E-state index in [1.165, 1.54) is 11.1 Å². The van der Waals surface area contributed by atoms with Crippen molar-refractivity contribution in [3.63, 3.8) is 0 Å². The molecule has 33 heavy (non-hydrogen) atoms. The van der Waals surface area contributed by atoms with Gasteiger partial charge in [0.25, 0.3) is 5.91 Å². The van der Waals surface area contributed by atoms with Gasteiger partial charge in [-0.1, -0.05) is 36.4 Å². The van der Waals surface area contributed by atoms with Crippen molar-refractivity contribution in [2.75, 3.05) is 34.3 Å². The highest BCUT2D eigenvalue weighted by molar-refractivity contribution is 5.94. The summed E-state index contributed by atoms with van der Waals surface area (Å²) >= 11 is 0. The zero-order valence-electron chi connectivity index (χ0n) is 19.9. The lowest BCUT2D eigenvalue weighted by molar-refractivity contribution is 0.0825. The lowest BCUT2D eigenvalue weighted by Gasteiger charge is -2.32. The van der Waals surface area contributed by atoms with Crippen molar-refractivity contribution in [3.05, 3.63) is 77.4 Å². The predicted molar refractivity (Wildman–Crippen MR) is 130 cm³/mol. The van der Waals surface area contributed by atoms with Gasteiger partial charge in [0, 0.05) is 39.3 Å². The topological polar surface area (TPSA) is 58.6 Å². The summed E-state index contributed by atoms with van der Waals surface area (Å²) in [6.45, 7) is 4.81. The van der Waals surface area contributed by atoms with E-state index in [4.69, 9.17) is 9.72 Å². The van der Waals surface area contributed by atoms with Gasteiger partial charge in [-0.05, 0) is 55.1 Å². The summed E-state index contributed by atoms with van der Waals surface area (Å²) in [5.41, 5.74) is 4.97. The van der Waals surface area contributed by atoms with Crippen LogP contribution in [-0.4, -0.2) is 60.0 Å². The second kappa shape index (κ2) is 10.1. The van der Waals surface area contributed by atoms with Crippen molar-refractivity contribution in [2.45, 2.75) is 32.2 Å². The Labute approximate surface area is 196 Å². The lowest BCUT2D eigenvalue weighted by atomic mass is 9.96. The van der Waals surface area contributed by atoms with E-state index >= 15 is 0 Å². The highest BCUT2D eigenvalue weighted by Crippen LogP contribution is 2.28. The number of piperidine rings is 1. The van der Waals surface area contributed by atoms with E-state index in [1.54, 1.807) is 32.3 Å². The van der Waals surface area contributed by atoms with Crippen molar-refractivity contribution in [3.8, 4) is 16.9 Å². The van der Waals surface area contributed by atoms with Crippen LogP contribution in [0, 0.1) is 6.92 Å². The molecule has 1 amide bonds. The summed E-state index contributed by atoms with van der Waals surface area (Å²) in [5.74, 6) is 1.95. The molecule has 3 aromatic rings. The molecule has 2 aromatic carbocycles. The molecule has 1 aliphatic rings. The SMILES string of the molecule is COc1cccc(-c2ccc(CN3CCCC(c4ncc(C(=O)N(C)C)c(C)n4)C3)cc2)c1. The van der Waals surface area contributed by atoms with Crippen molar-refractivity contribution >= 4 is 5.91 Å². The highest BCUT2D eigenvalue weighted by atomic mass is 16.5. The van der Waals surface area contributed by atoms with Crippen LogP contribution >= 0.6 is 0 Å². The standard InChI is InChI=1S/C27H32N4O2/c1-19-25(27(32)30(2)3)16-28-26(29-19)23-8-6-14-31(18-23)17-20-10-12-21(13-11-20)22-7-5-9-24(15-22)33-4/h5,7,9-13,15-16,23H,6,8,14,17-18H2,1-4H3. The quantitative estimate of drug-likeness (QED) is 0.559. The molecule has 1 fully saturated rings. The van der Waals surface area contributed by atoms with Gasteiger partial charge in [0.2, 0.25) is 0 Å². The van der Waals surface area contributed by atoms with Crippen LogP contribution in [-0.2, 0) is 6.54 Å². The second-order valence-electron chi connectivity index (χ2n) is 8.93. The Morgan fingerprint density at radius 1 is 1.15 bits per heavy atom. The summed E-state index contributed by atoms with van der Waals surface area (Å²) in [7, 11) is 5.19. The number of likely N-dealkylation sites (tertiary alicyclic amines) is 1. The predicted octanol–water partition coefficient (Wildman–Crippen LogP) is 4.54.